The second kappa shape index (κ2) is 8.24. The molecule has 1 amide bonds. The van der Waals surface area contributed by atoms with Gasteiger partial charge in [0.2, 0.25) is 0 Å². The van der Waals surface area contributed by atoms with Gasteiger partial charge in [-0.1, -0.05) is 13.0 Å². The maximum absolute atomic E-state index is 14.0. The zero-order chi connectivity index (χ0) is 22.0. The van der Waals surface area contributed by atoms with E-state index in [0.717, 1.165) is 4.57 Å². The number of hydrogen-bond donors (Lipinski definition) is 3. The van der Waals surface area contributed by atoms with Crippen LogP contribution in [-0.2, 0) is 18.3 Å². The Bertz CT molecular complexity index is 1220. The van der Waals surface area contributed by atoms with Gasteiger partial charge < -0.3 is 24.8 Å². The molecular formula is C21H19FN2O6. The molecule has 0 bridgehead atoms. The van der Waals surface area contributed by atoms with E-state index in [1.54, 1.807) is 12.1 Å². The van der Waals surface area contributed by atoms with Crippen molar-refractivity contribution >= 4 is 22.8 Å². The number of aromatic nitrogens is 1. The number of aryl methyl sites for hydroxylation is 2. The van der Waals surface area contributed by atoms with Crippen LogP contribution in [-0.4, -0.2) is 33.2 Å². The smallest absolute Gasteiger partial charge is 0.322 e. The molecule has 9 heteroatoms. The molecule has 30 heavy (non-hydrogen) atoms. The van der Waals surface area contributed by atoms with Gasteiger partial charge >= 0.3 is 5.97 Å². The number of fused-ring (bicyclic) bond motifs is 1. The molecule has 3 aromatic rings. The average molecular weight is 414 g/mol. The van der Waals surface area contributed by atoms with Gasteiger partial charge in [0, 0.05) is 24.6 Å². The van der Waals surface area contributed by atoms with Crippen LogP contribution in [0.1, 0.15) is 22.8 Å². The average Bonchev–Trinajstić information content (AvgIpc) is 2.71. The SMILES string of the molecule is CCc1ccc(Oc2ccc3c(O)c(C(=O)NCC(=O)O)c(=O)n(C)c3c2)cc1F. The zero-order valence-electron chi connectivity index (χ0n) is 16.2. The van der Waals surface area contributed by atoms with Gasteiger partial charge in [0.15, 0.2) is 0 Å². The number of halogens is 1. The van der Waals surface area contributed by atoms with Crippen molar-refractivity contribution < 1.29 is 28.9 Å². The summed E-state index contributed by atoms with van der Waals surface area (Å²) in [6.07, 6.45) is 0.547. The van der Waals surface area contributed by atoms with Gasteiger partial charge in [0.25, 0.3) is 11.5 Å². The Morgan fingerprint density at radius 1 is 1.17 bits per heavy atom. The van der Waals surface area contributed by atoms with E-state index >= 15 is 0 Å². The first-order chi connectivity index (χ1) is 14.2. The van der Waals surface area contributed by atoms with Gasteiger partial charge in [-0.05, 0) is 30.2 Å². The van der Waals surface area contributed by atoms with Gasteiger partial charge in [0.05, 0.1) is 5.52 Å². The van der Waals surface area contributed by atoms with Crippen molar-refractivity contribution in [3.63, 3.8) is 0 Å². The molecule has 0 aliphatic rings. The van der Waals surface area contributed by atoms with E-state index in [1.807, 2.05) is 6.92 Å². The van der Waals surface area contributed by atoms with Crippen LogP contribution in [0.25, 0.3) is 10.9 Å². The zero-order valence-corrected chi connectivity index (χ0v) is 16.2. The molecule has 3 N–H and O–H groups in total. The summed E-state index contributed by atoms with van der Waals surface area (Å²) in [4.78, 5) is 35.4. The monoisotopic (exact) mass is 414 g/mol. The molecule has 8 nitrogen and oxygen atoms in total. The van der Waals surface area contributed by atoms with Crippen LogP contribution < -0.4 is 15.6 Å². The highest BCUT2D eigenvalue weighted by atomic mass is 19.1. The van der Waals surface area contributed by atoms with Crippen molar-refractivity contribution in [2.45, 2.75) is 13.3 Å². The highest BCUT2D eigenvalue weighted by Crippen LogP contribution is 2.31. The molecule has 0 spiro atoms. The molecule has 0 radical (unpaired) electrons. The summed E-state index contributed by atoms with van der Waals surface area (Å²) >= 11 is 0. The van der Waals surface area contributed by atoms with Crippen LogP contribution in [0.5, 0.6) is 17.2 Å². The van der Waals surface area contributed by atoms with Crippen LogP contribution in [0.15, 0.2) is 41.2 Å². The Hall–Kier alpha value is -3.88. The van der Waals surface area contributed by atoms with Gasteiger partial charge in [-0.3, -0.25) is 14.4 Å². The number of rotatable bonds is 6. The number of benzene rings is 2. The number of ether oxygens (including phenoxy) is 1. The van der Waals surface area contributed by atoms with E-state index in [9.17, 15) is 23.9 Å². The summed E-state index contributed by atoms with van der Waals surface area (Å²) < 4.78 is 20.8. The van der Waals surface area contributed by atoms with E-state index in [4.69, 9.17) is 9.84 Å². The molecule has 0 atom stereocenters. The molecular weight excluding hydrogens is 395 g/mol. The summed E-state index contributed by atoms with van der Waals surface area (Å²) in [5.41, 5.74) is -0.534. The fraction of sp³-hybridized carbons (Fsp3) is 0.190. The van der Waals surface area contributed by atoms with Crippen molar-refractivity contribution in [2.24, 2.45) is 7.05 Å². The normalized spacial score (nSPS) is 10.8. The number of carbonyl (C=O) groups excluding carboxylic acids is 1. The lowest BCUT2D eigenvalue weighted by Crippen LogP contribution is -2.35. The third-order valence-corrected chi connectivity index (χ3v) is 4.61. The summed E-state index contributed by atoms with van der Waals surface area (Å²) in [6.45, 7) is 1.14. The van der Waals surface area contributed by atoms with Crippen molar-refractivity contribution in [3.05, 3.63) is 63.7 Å². The number of carboxylic acid groups (broad SMARTS) is 1. The first-order valence-corrected chi connectivity index (χ1v) is 9.05. The standard InChI is InChI=1S/C21H19FN2O6/c1-3-11-4-5-12(8-15(11)22)30-13-6-7-14-16(9-13)24(2)21(29)18(19(14)27)20(28)23-10-17(25)26/h4-9,27H,3,10H2,1-2H3,(H,23,28)(H,25,26). The number of pyridine rings is 1. The third kappa shape index (κ3) is 3.95. The van der Waals surface area contributed by atoms with Crippen molar-refractivity contribution in [3.8, 4) is 17.2 Å². The lowest BCUT2D eigenvalue weighted by molar-refractivity contribution is -0.135. The van der Waals surface area contributed by atoms with Gasteiger partial charge in [-0.25, -0.2) is 4.39 Å². The van der Waals surface area contributed by atoms with Crippen molar-refractivity contribution in [1.29, 1.82) is 0 Å². The maximum atomic E-state index is 14.0. The topological polar surface area (TPSA) is 118 Å². The number of carboxylic acids is 1. The molecule has 1 heterocycles. The first kappa shape index (κ1) is 20.8. The van der Waals surface area contributed by atoms with Gasteiger partial charge in [-0.2, -0.15) is 0 Å². The molecule has 0 saturated carbocycles. The second-order valence-corrected chi connectivity index (χ2v) is 6.55. The Morgan fingerprint density at radius 2 is 1.83 bits per heavy atom. The minimum absolute atomic E-state index is 0.192. The van der Waals surface area contributed by atoms with Crippen LogP contribution in [0.3, 0.4) is 0 Å². The predicted molar refractivity (Wildman–Crippen MR) is 107 cm³/mol. The van der Waals surface area contributed by atoms with Crippen LogP contribution in [0.4, 0.5) is 4.39 Å². The van der Waals surface area contributed by atoms with Crippen LogP contribution in [0.2, 0.25) is 0 Å². The van der Waals surface area contributed by atoms with Gasteiger partial charge in [0.1, 0.15) is 35.2 Å². The first-order valence-electron chi connectivity index (χ1n) is 9.05. The minimum atomic E-state index is -1.29. The minimum Gasteiger partial charge on any atom is -0.506 e. The molecule has 0 fully saturated rings. The lowest BCUT2D eigenvalue weighted by Gasteiger charge is -2.13. The molecule has 0 saturated heterocycles. The van der Waals surface area contributed by atoms with E-state index in [2.05, 4.69) is 5.32 Å². The van der Waals surface area contributed by atoms with E-state index in [1.165, 1.54) is 31.3 Å². The number of aliphatic carboxylic acids is 1. The summed E-state index contributed by atoms with van der Waals surface area (Å²) in [7, 11) is 1.40. The maximum Gasteiger partial charge on any atom is 0.322 e. The summed E-state index contributed by atoms with van der Waals surface area (Å²) in [6, 6.07) is 8.92. The number of nitrogens with one attached hydrogen (secondary N) is 1. The fourth-order valence-corrected chi connectivity index (χ4v) is 3.03. The lowest BCUT2D eigenvalue weighted by atomic mass is 10.1. The Morgan fingerprint density at radius 3 is 2.47 bits per heavy atom. The summed E-state index contributed by atoms with van der Waals surface area (Å²) in [5.74, 6) is -2.68. The number of aromatic hydroxyl groups is 1. The number of carbonyl (C=O) groups is 2. The van der Waals surface area contributed by atoms with Crippen molar-refractivity contribution in [1.82, 2.24) is 9.88 Å². The molecule has 2 aromatic carbocycles. The van der Waals surface area contributed by atoms with Crippen LogP contribution in [0, 0.1) is 5.82 Å². The van der Waals surface area contributed by atoms with Gasteiger partial charge in [-0.15, -0.1) is 0 Å². The molecule has 3 rings (SSSR count). The molecule has 156 valence electrons. The van der Waals surface area contributed by atoms with Crippen molar-refractivity contribution in [2.75, 3.05) is 6.54 Å². The quantitative estimate of drug-likeness (QED) is 0.571. The van der Waals surface area contributed by atoms with E-state index in [0.29, 0.717) is 17.7 Å². The Balaban J connectivity index is 2.01. The second-order valence-electron chi connectivity index (χ2n) is 6.55. The Labute approximate surface area is 170 Å². The summed E-state index contributed by atoms with van der Waals surface area (Å²) in [5, 5.41) is 21.4. The molecule has 0 aliphatic carbocycles. The molecule has 0 aliphatic heterocycles. The number of hydrogen-bond acceptors (Lipinski definition) is 5. The highest BCUT2D eigenvalue weighted by molar-refractivity contribution is 6.03. The Kier molecular flexibility index (Phi) is 5.72. The molecule has 1 aromatic heterocycles. The van der Waals surface area contributed by atoms with E-state index in [-0.39, 0.29) is 16.7 Å². The third-order valence-electron chi connectivity index (χ3n) is 4.61. The predicted octanol–water partition coefficient (Wildman–Crippen LogP) is 2.55. The largest absolute Gasteiger partial charge is 0.506 e. The number of nitrogens with zero attached hydrogens (tertiary/aromatic N) is 1. The molecule has 0 unspecified atom stereocenters. The van der Waals surface area contributed by atoms with E-state index < -0.39 is 41.1 Å². The highest BCUT2D eigenvalue weighted by Gasteiger charge is 2.22. The fourth-order valence-electron chi connectivity index (χ4n) is 3.03. The van der Waals surface area contributed by atoms with Crippen LogP contribution >= 0.6 is 0 Å². The number of amides is 1.